The van der Waals surface area contributed by atoms with Crippen molar-refractivity contribution in [3.05, 3.63) is 51.5 Å². The van der Waals surface area contributed by atoms with Crippen LogP contribution in [-0.2, 0) is 0 Å². The van der Waals surface area contributed by atoms with Crippen LogP contribution in [0.2, 0.25) is 0 Å². The van der Waals surface area contributed by atoms with E-state index < -0.39 is 0 Å². The van der Waals surface area contributed by atoms with Gasteiger partial charge in [0.25, 0.3) is 5.56 Å². The van der Waals surface area contributed by atoms with Gasteiger partial charge in [-0.25, -0.2) is 9.97 Å². The molecule has 0 bridgehead atoms. The maximum absolute atomic E-state index is 11.3. The number of benzene rings is 1. The molecule has 0 saturated heterocycles. The molecule has 9 heteroatoms. The molecule has 2 heterocycles. The van der Waals surface area contributed by atoms with Gasteiger partial charge in [-0.05, 0) is 12.1 Å². The van der Waals surface area contributed by atoms with E-state index in [9.17, 15) is 15.2 Å². The third kappa shape index (κ3) is 3.40. The summed E-state index contributed by atoms with van der Waals surface area (Å²) in [7, 11) is 0. The Bertz CT molecular complexity index is 999. The minimum atomic E-state index is -0.375. The zero-order chi connectivity index (χ0) is 17.1. The molecule has 0 radical (unpaired) electrons. The summed E-state index contributed by atoms with van der Waals surface area (Å²) in [5.41, 5.74) is 6.01. The number of aliphatic hydroxyl groups excluding tert-OH is 1. The second kappa shape index (κ2) is 6.74. The number of hydrogen-bond acceptors (Lipinski definition) is 8. The van der Waals surface area contributed by atoms with E-state index >= 15 is 0 Å². The Morgan fingerprint density at radius 2 is 2.21 bits per heavy atom. The second-order valence-corrected chi connectivity index (χ2v) is 6.68. The van der Waals surface area contributed by atoms with Crippen molar-refractivity contribution < 1.29 is 5.11 Å². The molecule has 0 amide bonds. The Labute approximate surface area is 144 Å². The van der Waals surface area contributed by atoms with E-state index in [1.165, 1.54) is 17.4 Å². The van der Waals surface area contributed by atoms with E-state index in [0.29, 0.717) is 5.01 Å². The summed E-state index contributed by atoms with van der Waals surface area (Å²) in [6.07, 6.45) is 0. The number of hydrogen-bond donors (Lipinski definition) is 3. The molecule has 0 aliphatic carbocycles. The zero-order valence-electron chi connectivity index (χ0n) is 12.2. The van der Waals surface area contributed by atoms with Crippen LogP contribution < -0.4 is 11.3 Å². The molecule has 0 unspecified atom stereocenters. The van der Waals surface area contributed by atoms with Crippen LogP contribution >= 0.6 is 23.1 Å². The van der Waals surface area contributed by atoms with Crippen molar-refractivity contribution in [2.75, 3.05) is 11.5 Å². The van der Waals surface area contributed by atoms with E-state index in [4.69, 9.17) is 5.73 Å². The lowest BCUT2D eigenvalue weighted by Crippen LogP contribution is -2.09. The predicted octanol–water partition coefficient (Wildman–Crippen LogP) is 2.55. The minimum Gasteiger partial charge on any atom is -0.510 e. The van der Waals surface area contributed by atoms with Gasteiger partial charge in [0.2, 0.25) is 0 Å². The first kappa shape index (κ1) is 16.0. The first-order chi connectivity index (χ1) is 11.6. The van der Waals surface area contributed by atoms with E-state index in [1.54, 1.807) is 0 Å². The number of para-hydroxylation sites is 1. The van der Waals surface area contributed by atoms with Crippen molar-refractivity contribution in [1.82, 2.24) is 15.0 Å². The van der Waals surface area contributed by atoms with Crippen molar-refractivity contribution >= 4 is 44.7 Å². The molecule has 3 rings (SSSR count). The van der Waals surface area contributed by atoms with Crippen LogP contribution in [0.4, 0.5) is 5.82 Å². The number of nitriles is 1. The van der Waals surface area contributed by atoms with Gasteiger partial charge >= 0.3 is 0 Å². The molecule has 4 N–H and O–H groups in total. The highest BCUT2D eigenvalue weighted by Gasteiger charge is 2.14. The molecule has 0 aliphatic heterocycles. The Kier molecular flexibility index (Phi) is 4.50. The monoisotopic (exact) mass is 357 g/mol. The van der Waals surface area contributed by atoms with Gasteiger partial charge in [-0.1, -0.05) is 23.9 Å². The van der Waals surface area contributed by atoms with Crippen LogP contribution in [0, 0.1) is 11.3 Å². The normalized spacial score (nSPS) is 12.0. The average Bonchev–Trinajstić information content (AvgIpc) is 2.96. The smallest absolute Gasteiger partial charge is 0.253 e. The van der Waals surface area contributed by atoms with Crippen LogP contribution in [0.3, 0.4) is 0 Å². The molecule has 0 aliphatic rings. The number of thiazole rings is 1. The fraction of sp³-hybridized carbons (Fsp3) is 0.0667. The van der Waals surface area contributed by atoms with Crippen LogP contribution in [0.25, 0.3) is 15.8 Å². The summed E-state index contributed by atoms with van der Waals surface area (Å²) < 4.78 is 0.933. The standard InChI is InChI=1S/C15H11N5O2S2/c16-6-8(14-18-9-3-1-2-4-11(9)24-14)10(21)7-23-15-19-12(17)5-13(22)20-15/h1-5,21H,7H2,(H3,17,19,20,22). The summed E-state index contributed by atoms with van der Waals surface area (Å²) in [5, 5.41) is 20.3. The lowest BCUT2D eigenvalue weighted by atomic mass is 10.2. The van der Waals surface area contributed by atoms with Crippen LogP contribution in [-0.4, -0.2) is 25.8 Å². The number of aliphatic hydroxyl groups is 1. The largest absolute Gasteiger partial charge is 0.510 e. The minimum absolute atomic E-state index is 0.0607. The Morgan fingerprint density at radius 3 is 2.92 bits per heavy atom. The lowest BCUT2D eigenvalue weighted by molar-refractivity contribution is 0.420. The fourth-order valence-corrected chi connectivity index (χ4v) is 3.69. The van der Waals surface area contributed by atoms with E-state index in [0.717, 1.165) is 22.0 Å². The van der Waals surface area contributed by atoms with Crippen LogP contribution in [0.15, 0.2) is 46.0 Å². The highest BCUT2D eigenvalue weighted by atomic mass is 32.2. The summed E-state index contributed by atoms with van der Waals surface area (Å²) >= 11 is 2.40. The number of rotatable bonds is 4. The fourth-order valence-electron chi connectivity index (χ4n) is 1.95. The molecular weight excluding hydrogens is 346 g/mol. The SMILES string of the molecule is N#CC(=C(O)CSc1nc(N)cc(=O)[nH]1)c1nc2ccccc2s1. The number of nitrogen functional groups attached to an aromatic ring is 1. The summed E-state index contributed by atoms with van der Waals surface area (Å²) in [6.45, 7) is 0. The number of aromatic amines is 1. The molecule has 0 fully saturated rings. The summed E-state index contributed by atoms with van der Waals surface area (Å²) in [5.74, 6) is 0.0219. The predicted molar refractivity (Wildman–Crippen MR) is 94.8 cm³/mol. The second-order valence-electron chi connectivity index (χ2n) is 4.68. The lowest BCUT2D eigenvalue weighted by Gasteiger charge is -2.02. The van der Waals surface area contributed by atoms with Gasteiger partial charge in [-0.2, -0.15) is 5.26 Å². The number of thioether (sulfide) groups is 1. The maximum atomic E-state index is 11.3. The third-order valence-electron chi connectivity index (χ3n) is 2.99. The Hall–Kier alpha value is -2.83. The maximum Gasteiger partial charge on any atom is 0.253 e. The van der Waals surface area contributed by atoms with Gasteiger partial charge in [-0.3, -0.25) is 4.79 Å². The third-order valence-corrected chi connectivity index (χ3v) is 4.93. The van der Waals surface area contributed by atoms with Gasteiger partial charge in [-0.15, -0.1) is 11.3 Å². The van der Waals surface area contributed by atoms with E-state index in [1.807, 2.05) is 30.3 Å². The van der Waals surface area contributed by atoms with Crippen molar-refractivity contribution in [3.63, 3.8) is 0 Å². The quantitative estimate of drug-likeness (QED) is 0.283. The zero-order valence-corrected chi connectivity index (χ0v) is 13.8. The molecule has 1 aromatic carbocycles. The number of nitrogens with zero attached hydrogens (tertiary/aromatic N) is 3. The molecule has 0 atom stereocenters. The van der Waals surface area contributed by atoms with E-state index in [2.05, 4.69) is 15.0 Å². The Balaban J connectivity index is 1.87. The van der Waals surface area contributed by atoms with Gasteiger partial charge in [0.1, 0.15) is 28.2 Å². The van der Waals surface area contributed by atoms with Gasteiger partial charge < -0.3 is 15.8 Å². The number of allylic oxidation sites excluding steroid dienone is 1. The molecule has 0 spiro atoms. The van der Waals surface area contributed by atoms with Crippen molar-refractivity contribution in [3.8, 4) is 6.07 Å². The average molecular weight is 357 g/mol. The molecule has 0 saturated carbocycles. The number of H-pyrrole nitrogens is 1. The summed E-state index contributed by atoms with van der Waals surface area (Å²) in [6, 6.07) is 10.6. The van der Waals surface area contributed by atoms with Crippen LogP contribution in [0.1, 0.15) is 5.01 Å². The molecule has 7 nitrogen and oxygen atoms in total. The molecule has 120 valence electrons. The first-order valence-electron chi connectivity index (χ1n) is 6.74. The van der Waals surface area contributed by atoms with Crippen molar-refractivity contribution in [2.24, 2.45) is 0 Å². The molecule has 2 aromatic heterocycles. The number of aromatic nitrogens is 3. The number of anilines is 1. The highest BCUT2D eigenvalue weighted by Crippen LogP contribution is 2.29. The first-order valence-corrected chi connectivity index (χ1v) is 8.55. The van der Waals surface area contributed by atoms with Gasteiger partial charge in [0.05, 0.1) is 16.0 Å². The van der Waals surface area contributed by atoms with Crippen molar-refractivity contribution in [1.29, 1.82) is 5.26 Å². The van der Waals surface area contributed by atoms with Gasteiger partial charge in [0.15, 0.2) is 5.16 Å². The van der Waals surface area contributed by atoms with Crippen LogP contribution in [0.5, 0.6) is 0 Å². The van der Waals surface area contributed by atoms with Crippen molar-refractivity contribution in [2.45, 2.75) is 5.16 Å². The van der Waals surface area contributed by atoms with Gasteiger partial charge in [0, 0.05) is 6.07 Å². The number of nitrogens with two attached hydrogens (primary N) is 1. The molecular formula is C15H11N5O2S2. The number of fused-ring (bicyclic) bond motifs is 1. The number of nitrogens with one attached hydrogen (secondary N) is 1. The summed E-state index contributed by atoms with van der Waals surface area (Å²) in [4.78, 5) is 22.2. The molecule has 3 aromatic rings. The highest BCUT2D eigenvalue weighted by molar-refractivity contribution is 7.99. The Morgan fingerprint density at radius 1 is 1.42 bits per heavy atom. The topological polar surface area (TPSA) is 129 Å². The van der Waals surface area contributed by atoms with E-state index in [-0.39, 0.29) is 33.6 Å². The molecule has 24 heavy (non-hydrogen) atoms.